The van der Waals surface area contributed by atoms with Crippen molar-refractivity contribution in [2.75, 3.05) is 0 Å². The van der Waals surface area contributed by atoms with Gasteiger partial charge in [-0.1, -0.05) is 24.3 Å². The number of halogens is 3. The van der Waals surface area contributed by atoms with Gasteiger partial charge in [-0.25, -0.2) is 0 Å². The van der Waals surface area contributed by atoms with Crippen LogP contribution < -0.4 is 5.56 Å². The number of H-pyrrole nitrogens is 1. The van der Waals surface area contributed by atoms with E-state index in [1.807, 2.05) is 0 Å². The number of rotatable bonds is 2. The van der Waals surface area contributed by atoms with E-state index in [9.17, 15) is 23.1 Å². The first kappa shape index (κ1) is 16.3. The number of nitrogens with zero attached hydrogens (tertiary/aromatic N) is 1. The lowest BCUT2D eigenvalue weighted by atomic mass is 9.97. The molecular formula is C17H15F3N2O2. The van der Waals surface area contributed by atoms with E-state index in [1.165, 1.54) is 6.20 Å². The molecule has 0 amide bonds. The van der Waals surface area contributed by atoms with Crippen molar-refractivity contribution in [3.05, 3.63) is 64.2 Å². The Morgan fingerprint density at radius 3 is 2.21 bits per heavy atom. The molecule has 2 N–H and O–H groups in total. The van der Waals surface area contributed by atoms with Gasteiger partial charge in [0.05, 0.1) is 11.3 Å². The van der Waals surface area contributed by atoms with E-state index in [0.29, 0.717) is 11.1 Å². The Morgan fingerprint density at radius 2 is 1.67 bits per heavy atom. The summed E-state index contributed by atoms with van der Waals surface area (Å²) in [6.07, 6.45) is -3.30. The second-order valence-corrected chi connectivity index (χ2v) is 6.10. The predicted molar refractivity (Wildman–Crippen MR) is 83.7 cm³/mol. The molecule has 0 saturated carbocycles. The molecule has 0 fully saturated rings. The molecule has 0 aliphatic carbocycles. The number of aromatic nitrogens is 2. The SMILES string of the molecule is CC(C)(O)c1ccc(-c2cn3c(C(F)(F)F)ccc3c(=O)[nH]2)cc1. The maximum Gasteiger partial charge on any atom is 0.431 e. The quantitative estimate of drug-likeness (QED) is 0.752. The standard InChI is InChI=1S/C17H15F3N2O2/c1-16(2,24)11-5-3-10(4-6-11)12-9-22-13(15(23)21-12)7-8-14(22)17(18,19)20/h3-9,24H,1-2H3,(H,21,23). The highest BCUT2D eigenvalue weighted by Crippen LogP contribution is 2.31. The van der Waals surface area contributed by atoms with Crippen molar-refractivity contribution in [2.24, 2.45) is 0 Å². The van der Waals surface area contributed by atoms with Crippen LogP contribution in [0.25, 0.3) is 16.8 Å². The van der Waals surface area contributed by atoms with Gasteiger partial charge in [0, 0.05) is 6.20 Å². The van der Waals surface area contributed by atoms with E-state index >= 15 is 0 Å². The minimum Gasteiger partial charge on any atom is -0.386 e. The van der Waals surface area contributed by atoms with Gasteiger partial charge in [-0.3, -0.25) is 4.79 Å². The number of nitrogens with one attached hydrogen (secondary N) is 1. The van der Waals surface area contributed by atoms with Gasteiger partial charge in [-0.05, 0) is 37.1 Å². The molecule has 3 aromatic rings. The van der Waals surface area contributed by atoms with Crippen LogP contribution in [0.5, 0.6) is 0 Å². The van der Waals surface area contributed by atoms with Gasteiger partial charge >= 0.3 is 6.18 Å². The number of fused-ring (bicyclic) bond motifs is 1. The van der Waals surface area contributed by atoms with Crippen molar-refractivity contribution in [3.63, 3.8) is 0 Å². The van der Waals surface area contributed by atoms with Gasteiger partial charge in [-0.2, -0.15) is 13.2 Å². The molecule has 0 aliphatic heterocycles. The summed E-state index contributed by atoms with van der Waals surface area (Å²) in [4.78, 5) is 14.6. The highest BCUT2D eigenvalue weighted by molar-refractivity contribution is 5.62. The summed E-state index contributed by atoms with van der Waals surface area (Å²) < 4.78 is 40.0. The lowest BCUT2D eigenvalue weighted by Crippen LogP contribution is -2.16. The molecule has 24 heavy (non-hydrogen) atoms. The Kier molecular flexibility index (Phi) is 3.56. The average Bonchev–Trinajstić information content (AvgIpc) is 2.91. The zero-order valence-electron chi connectivity index (χ0n) is 13.0. The first-order valence-corrected chi connectivity index (χ1v) is 7.22. The Balaban J connectivity index is 2.15. The normalized spacial score (nSPS) is 12.8. The van der Waals surface area contributed by atoms with Gasteiger partial charge in [0.2, 0.25) is 0 Å². The van der Waals surface area contributed by atoms with Gasteiger partial charge in [0.25, 0.3) is 5.56 Å². The Labute approximate surface area is 135 Å². The Hall–Kier alpha value is -2.54. The van der Waals surface area contributed by atoms with E-state index in [4.69, 9.17) is 0 Å². The summed E-state index contributed by atoms with van der Waals surface area (Å²) in [5, 5.41) is 9.95. The van der Waals surface area contributed by atoms with Gasteiger partial charge < -0.3 is 14.5 Å². The Bertz CT molecular complexity index is 945. The van der Waals surface area contributed by atoms with Crippen LogP contribution in [0.3, 0.4) is 0 Å². The van der Waals surface area contributed by atoms with Crippen LogP contribution in [-0.4, -0.2) is 14.5 Å². The fraction of sp³-hybridized carbons (Fsp3) is 0.235. The van der Waals surface area contributed by atoms with Crippen LogP contribution >= 0.6 is 0 Å². The van der Waals surface area contributed by atoms with Crippen LogP contribution in [0.2, 0.25) is 0 Å². The number of aromatic amines is 1. The summed E-state index contributed by atoms with van der Waals surface area (Å²) in [5.74, 6) is 0. The number of alkyl halides is 3. The third-order valence-corrected chi connectivity index (χ3v) is 3.85. The highest BCUT2D eigenvalue weighted by Gasteiger charge is 2.34. The lowest BCUT2D eigenvalue weighted by Gasteiger charge is -2.18. The number of hydrogen-bond donors (Lipinski definition) is 2. The van der Waals surface area contributed by atoms with Crippen molar-refractivity contribution in [3.8, 4) is 11.3 Å². The molecule has 4 nitrogen and oxygen atoms in total. The molecule has 1 aromatic carbocycles. The minimum absolute atomic E-state index is 0.0702. The summed E-state index contributed by atoms with van der Waals surface area (Å²) in [7, 11) is 0. The van der Waals surface area contributed by atoms with Crippen LogP contribution in [0.15, 0.2) is 47.4 Å². The summed E-state index contributed by atoms with van der Waals surface area (Å²) >= 11 is 0. The minimum atomic E-state index is -4.55. The molecule has 7 heteroatoms. The zero-order chi connectivity index (χ0) is 17.7. The molecule has 0 radical (unpaired) electrons. The van der Waals surface area contributed by atoms with Gasteiger partial charge in [0.1, 0.15) is 11.2 Å². The smallest absolute Gasteiger partial charge is 0.386 e. The van der Waals surface area contributed by atoms with Crippen molar-refractivity contribution in [1.29, 1.82) is 0 Å². The number of benzene rings is 1. The van der Waals surface area contributed by atoms with Crippen LogP contribution in [0, 0.1) is 0 Å². The predicted octanol–water partition coefficient (Wildman–Crippen LogP) is 3.54. The molecule has 2 heterocycles. The van der Waals surface area contributed by atoms with E-state index in [2.05, 4.69) is 4.98 Å². The molecule has 2 aromatic heterocycles. The largest absolute Gasteiger partial charge is 0.431 e. The first-order chi connectivity index (χ1) is 11.1. The van der Waals surface area contributed by atoms with Gasteiger partial charge in [0.15, 0.2) is 0 Å². The Morgan fingerprint density at radius 1 is 1.04 bits per heavy atom. The zero-order valence-corrected chi connectivity index (χ0v) is 13.0. The molecule has 0 aliphatic rings. The molecule has 0 saturated heterocycles. The number of aliphatic hydroxyl groups is 1. The van der Waals surface area contributed by atoms with Crippen molar-refractivity contribution < 1.29 is 18.3 Å². The number of hydrogen-bond acceptors (Lipinski definition) is 2. The summed E-state index contributed by atoms with van der Waals surface area (Å²) in [5.41, 5.74) is -1.14. The third-order valence-electron chi connectivity index (χ3n) is 3.85. The fourth-order valence-electron chi connectivity index (χ4n) is 2.56. The molecule has 126 valence electrons. The van der Waals surface area contributed by atoms with Crippen molar-refractivity contribution >= 4 is 5.52 Å². The van der Waals surface area contributed by atoms with E-state index in [0.717, 1.165) is 16.5 Å². The van der Waals surface area contributed by atoms with E-state index < -0.39 is 23.0 Å². The average molecular weight is 336 g/mol. The van der Waals surface area contributed by atoms with Crippen LogP contribution in [0.4, 0.5) is 13.2 Å². The first-order valence-electron chi connectivity index (χ1n) is 7.22. The maximum atomic E-state index is 13.0. The van der Waals surface area contributed by atoms with Gasteiger partial charge in [-0.15, -0.1) is 0 Å². The second kappa shape index (κ2) is 5.24. The molecule has 0 atom stereocenters. The summed E-state index contributed by atoms with van der Waals surface area (Å²) in [6.45, 7) is 3.26. The fourth-order valence-corrected chi connectivity index (χ4v) is 2.56. The topological polar surface area (TPSA) is 57.5 Å². The third kappa shape index (κ3) is 2.82. The van der Waals surface area contributed by atoms with Crippen LogP contribution in [0.1, 0.15) is 25.1 Å². The summed E-state index contributed by atoms with van der Waals surface area (Å²) in [6, 6.07) is 8.63. The van der Waals surface area contributed by atoms with E-state index in [-0.39, 0.29) is 11.2 Å². The molecule has 3 rings (SSSR count). The second-order valence-electron chi connectivity index (χ2n) is 6.10. The molecule has 0 unspecified atom stereocenters. The van der Waals surface area contributed by atoms with E-state index in [1.54, 1.807) is 38.1 Å². The molecular weight excluding hydrogens is 321 g/mol. The highest BCUT2D eigenvalue weighted by atomic mass is 19.4. The molecule has 0 bridgehead atoms. The van der Waals surface area contributed by atoms with Crippen LogP contribution in [-0.2, 0) is 11.8 Å². The van der Waals surface area contributed by atoms with Crippen molar-refractivity contribution in [2.45, 2.75) is 25.6 Å². The molecule has 0 spiro atoms. The maximum absolute atomic E-state index is 13.0. The lowest BCUT2D eigenvalue weighted by molar-refractivity contribution is -0.141. The monoisotopic (exact) mass is 336 g/mol. The van der Waals surface area contributed by atoms with Crippen molar-refractivity contribution in [1.82, 2.24) is 9.38 Å².